The summed E-state index contributed by atoms with van der Waals surface area (Å²) in [5.74, 6) is -1.67. The van der Waals surface area contributed by atoms with Crippen LogP contribution in [0.25, 0.3) is 0 Å². The number of rotatable bonds is 5. The van der Waals surface area contributed by atoms with Crippen LogP contribution in [0.2, 0.25) is 0 Å². The van der Waals surface area contributed by atoms with Gasteiger partial charge in [-0.3, -0.25) is 4.79 Å². The second-order valence-corrected chi connectivity index (χ2v) is 7.16. The van der Waals surface area contributed by atoms with Gasteiger partial charge >= 0.3 is 0 Å². The summed E-state index contributed by atoms with van der Waals surface area (Å²) in [5.41, 5.74) is 0.171. The molecular weight excluding hydrogens is 396 g/mol. The Morgan fingerprint density at radius 3 is 2.07 bits per heavy atom. The molecule has 0 aromatic heterocycles. The Morgan fingerprint density at radius 2 is 1.53 bits per heavy atom. The van der Waals surface area contributed by atoms with E-state index in [0.717, 1.165) is 0 Å². The van der Waals surface area contributed by atoms with Crippen LogP contribution in [0, 0.1) is 13.8 Å². The zero-order chi connectivity index (χ0) is 22.2. The third-order valence-corrected chi connectivity index (χ3v) is 5.21. The highest BCUT2D eigenvalue weighted by molar-refractivity contribution is 6.13. The molecule has 1 aliphatic heterocycles. The van der Waals surface area contributed by atoms with Crippen molar-refractivity contribution in [1.82, 2.24) is 0 Å². The number of aromatic hydroxyl groups is 2. The van der Waals surface area contributed by atoms with Crippen LogP contribution in [0.1, 0.15) is 27.0 Å². The molecule has 1 aliphatic rings. The minimum Gasteiger partial charge on any atom is -0.507 e. The third kappa shape index (κ3) is 3.73. The van der Waals surface area contributed by atoms with Crippen LogP contribution >= 0.6 is 0 Å². The fourth-order valence-corrected chi connectivity index (χ4v) is 3.39. The predicted octanol–water partition coefficient (Wildman–Crippen LogP) is 0.124. The molecular formula is C21H24O9. The van der Waals surface area contributed by atoms with Crippen molar-refractivity contribution in [1.29, 1.82) is 0 Å². The van der Waals surface area contributed by atoms with Crippen molar-refractivity contribution >= 4 is 5.78 Å². The Hall–Kier alpha value is -2.69. The number of benzene rings is 2. The van der Waals surface area contributed by atoms with E-state index in [-0.39, 0.29) is 28.0 Å². The highest BCUT2D eigenvalue weighted by Crippen LogP contribution is 2.43. The standard InChI is InChI=1S/C21H24O9/c1-9-14(23)13(16(25)11-6-4-3-5-7-11)15(24)10(2)20(9)30-21-19(28)18(27)17(26)12(8-22)29-21/h3-7,12,17-19,21-24,26-28H,8H2,1-2H3/t12-,17-,18+,19-,21+/m1/s1. The van der Waals surface area contributed by atoms with Gasteiger partial charge in [0.05, 0.1) is 6.61 Å². The number of aliphatic hydroxyl groups excluding tert-OH is 4. The molecule has 2 aromatic rings. The molecule has 2 aromatic carbocycles. The van der Waals surface area contributed by atoms with E-state index in [4.69, 9.17) is 9.47 Å². The largest absolute Gasteiger partial charge is 0.507 e. The number of phenols is 2. The van der Waals surface area contributed by atoms with Crippen LogP contribution in [-0.4, -0.2) is 73.7 Å². The van der Waals surface area contributed by atoms with E-state index >= 15 is 0 Å². The van der Waals surface area contributed by atoms with Gasteiger partial charge in [-0.25, -0.2) is 0 Å². The van der Waals surface area contributed by atoms with Crippen LogP contribution in [0.3, 0.4) is 0 Å². The number of phenolic OH excluding ortho intramolecular Hbond substituents is 2. The molecule has 0 bridgehead atoms. The first-order chi connectivity index (χ1) is 14.2. The molecule has 6 N–H and O–H groups in total. The smallest absolute Gasteiger partial charge is 0.229 e. The molecule has 1 saturated heterocycles. The number of hydrogen-bond acceptors (Lipinski definition) is 9. The minimum atomic E-state index is -1.67. The summed E-state index contributed by atoms with van der Waals surface area (Å²) in [4.78, 5) is 12.8. The van der Waals surface area contributed by atoms with Crippen molar-refractivity contribution in [3.05, 3.63) is 52.6 Å². The molecule has 9 heteroatoms. The molecule has 0 spiro atoms. The van der Waals surface area contributed by atoms with Crippen molar-refractivity contribution in [3.8, 4) is 17.2 Å². The van der Waals surface area contributed by atoms with Crippen LogP contribution in [0.4, 0.5) is 0 Å². The summed E-state index contributed by atoms with van der Waals surface area (Å²) in [5, 5.41) is 60.5. The van der Waals surface area contributed by atoms with Gasteiger partial charge in [-0.2, -0.15) is 0 Å². The minimum absolute atomic E-state index is 0.0704. The highest BCUT2D eigenvalue weighted by Gasteiger charge is 2.45. The first-order valence-corrected chi connectivity index (χ1v) is 9.31. The molecule has 0 amide bonds. The summed E-state index contributed by atoms with van der Waals surface area (Å²) in [6.07, 6.45) is -7.57. The van der Waals surface area contributed by atoms with Gasteiger partial charge in [0.15, 0.2) is 0 Å². The molecule has 5 atom stereocenters. The molecule has 0 radical (unpaired) electrons. The summed E-state index contributed by atoms with van der Waals surface area (Å²) < 4.78 is 10.9. The van der Waals surface area contributed by atoms with Crippen LogP contribution in [-0.2, 0) is 4.74 Å². The molecule has 9 nitrogen and oxygen atoms in total. The van der Waals surface area contributed by atoms with E-state index in [2.05, 4.69) is 0 Å². The highest BCUT2D eigenvalue weighted by atomic mass is 16.7. The topological polar surface area (TPSA) is 157 Å². The summed E-state index contributed by atoms with van der Waals surface area (Å²) >= 11 is 0. The van der Waals surface area contributed by atoms with Crippen LogP contribution in [0.15, 0.2) is 30.3 Å². The van der Waals surface area contributed by atoms with Crippen molar-refractivity contribution in [2.75, 3.05) is 6.61 Å². The lowest BCUT2D eigenvalue weighted by Crippen LogP contribution is -2.60. The maximum atomic E-state index is 12.8. The Bertz CT molecular complexity index is 897. The first-order valence-electron chi connectivity index (χ1n) is 9.31. The Balaban J connectivity index is 1.99. The van der Waals surface area contributed by atoms with Gasteiger partial charge in [0.2, 0.25) is 12.1 Å². The van der Waals surface area contributed by atoms with Gasteiger partial charge in [-0.1, -0.05) is 30.3 Å². The summed E-state index contributed by atoms with van der Waals surface area (Å²) in [6, 6.07) is 8.12. The van der Waals surface area contributed by atoms with Gasteiger partial charge in [0, 0.05) is 16.7 Å². The molecule has 1 heterocycles. The van der Waals surface area contributed by atoms with Crippen molar-refractivity contribution in [3.63, 3.8) is 0 Å². The number of carbonyl (C=O) groups excluding carboxylic acids is 1. The lowest BCUT2D eigenvalue weighted by atomic mass is 9.95. The number of hydrogen-bond donors (Lipinski definition) is 6. The number of ketones is 1. The Morgan fingerprint density at radius 1 is 0.967 bits per heavy atom. The van der Waals surface area contributed by atoms with Gasteiger partial charge in [-0.15, -0.1) is 0 Å². The Labute approximate surface area is 172 Å². The molecule has 0 aliphatic carbocycles. The quantitative estimate of drug-likeness (QED) is 0.370. The zero-order valence-electron chi connectivity index (χ0n) is 16.4. The van der Waals surface area contributed by atoms with Gasteiger partial charge in [0.25, 0.3) is 0 Å². The third-order valence-electron chi connectivity index (χ3n) is 5.21. The predicted molar refractivity (Wildman–Crippen MR) is 104 cm³/mol. The lowest BCUT2D eigenvalue weighted by molar-refractivity contribution is -0.277. The second-order valence-electron chi connectivity index (χ2n) is 7.16. The fourth-order valence-electron chi connectivity index (χ4n) is 3.39. The molecule has 3 rings (SSSR count). The second kappa shape index (κ2) is 8.58. The molecule has 1 fully saturated rings. The zero-order valence-corrected chi connectivity index (χ0v) is 16.4. The Kier molecular flexibility index (Phi) is 6.30. The van der Waals surface area contributed by atoms with Gasteiger partial charge in [0.1, 0.15) is 47.2 Å². The van der Waals surface area contributed by atoms with E-state index in [1.54, 1.807) is 30.3 Å². The number of carbonyl (C=O) groups is 1. The summed E-state index contributed by atoms with van der Waals surface area (Å²) in [6.45, 7) is 2.26. The average molecular weight is 420 g/mol. The maximum absolute atomic E-state index is 12.8. The summed E-state index contributed by atoms with van der Waals surface area (Å²) in [7, 11) is 0. The number of aliphatic hydroxyl groups is 4. The van der Waals surface area contributed by atoms with E-state index in [1.807, 2.05) is 0 Å². The van der Waals surface area contributed by atoms with Crippen molar-refractivity contribution < 1.29 is 44.9 Å². The van der Waals surface area contributed by atoms with Crippen LogP contribution < -0.4 is 4.74 Å². The van der Waals surface area contributed by atoms with Gasteiger partial charge in [-0.05, 0) is 13.8 Å². The van der Waals surface area contributed by atoms with Crippen molar-refractivity contribution in [2.24, 2.45) is 0 Å². The molecule has 0 unspecified atom stereocenters. The normalized spacial score (nSPS) is 26.4. The number of ether oxygens (including phenoxy) is 2. The fraction of sp³-hybridized carbons (Fsp3) is 0.381. The van der Waals surface area contributed by atoms with E-state index < -0.39 is 54.6 Å². The maximum Gasteiger partial charge on any atom is 0.229 e. The lowest BCUT2D eigenvalue weighted by Gasteiger charge is -2.40. The molecule has 30 heavy (non-hydrogen) atoms. The monoisotopic (exact) mass is 420 g/mol. The van der Waals surface area contributed by atoms with Crippen LogP contribution in [0.5, 0.6) is 17.2 Å². The van der Waals surface area contributed by atoms with E-state index in [9.17, 15) is 35.4 Å². The SMILES string of the molecule is Cc1c(O)c(C(=O)c2ccccc2)c(O)c(C)c1O[C@@H]1O[C@H](CO)[C@@H](O)[C@H](O)[C@H]1O. The molecule has 0 saturated carbocycles. The average Bonchev–Trinajstić information content (AvgIpc) is 2.75. The van der Waals surface area contributed by atoms with Crippen molar-refractivity contribution in [2.45, 2.75) is 44.6 Å². The van der Waals surface area contributed by atoms with E-state index in [1.165, 1.54) is 13.8 Å². The van der Waals surface area contributed by atoms with Gasteiger partial charge < -0.3 is 40.1 Å². The van der Waals surface area contributed by atoms with E-state index in [0.29, 0.717) is 0 Å². The first kappa shape index (κ1) is 22.0. The molecule has 162 valence electrons.